The van der Waals surface area contributed by atoms with Gasteiger partial charge in [0.25, 0.3) is 0 Å². The molecule has 1 amide bonds. The lowest BCUT2D eigenvalue weighted by Gasteiger charge is -2.29. The van der Waals surface area contributed by atoms with E-state index >= 15 is 0 Å². The molecule has 0 spiro atoms. The zero-order valence-corrected chi connectivity index (χ0v) is 13.1. The molecular formula is C14H25NO5. The SMILES string of the molecule is CC(C)(C)OC(=O)[C@H]1C[C@@H](O)CN1C(=O)OC(C)(C)C. The van der Waals surface area contributed by atoms with E-state index in [0.717, 1.165) is 0 Å². The first-order chi connectivity index (χ1) is 8.89. The molecule has 0 bridgehead atoms. The average Bonchev–Trinajstić information content (AvgIpc) is 2.55. The van der Waals surface area contributed by atoms with Crippen molar-refractivity contribution in [3.63, 3.8) is 0 Å². The summed E-state index contributed by atoms with van der Waals surface area (Å²) in [6, 6.07) is -0.793. The van der Waals surface area contributed by atoms with Crippen molar-refractivity contribution >= 4 is 12.1 Å². The first kappa shape index (κ1) is 16.8. The highest BCUT2D eigenvalue weighted by Crippen LogP contribution is 2.24. The van der Waals surface area contributed by atoms with Crippen molar-refractivity contribution in [2.75, 3.05) is 6.54 Å². The average molecular weight is 287 g/mol. The second-order valence-corrected chi connectivity index (χ2v) is 7.07. The normalized spacial score (nSPS) is 23.6. The van der Waals surface area contributed by atoms with Crippen LogP contribution in [0.5, 0.6) is 0 Å². The maximum atomic E-state index is 12.1. The van der Waals surface area contributed by atoms with Crippen LogP contribution in [-0.4, -0.2) is 52.0 Å². The molecular weight excluding hydrogens is 262 g/mol. The topological polar surface area (TPSA) is 76.1 Å². The lowest BCUT2D eigenvalue weighted by molar-refractivity contribution is -0.160. The number of hydrogen-bond acceptors (Lipinski definition) is 5. The summed E-state index contributed by atoms with van der Waals surface area (Å²) in [5, 5.41) is 9.71. The summed E-state index contributed by atoms with van der Waals surface area (Å²) >= 11 is 0. The molecule has 116 valence electrons. The van der Waals surface area contributed by atoms with Gasteiger partial charge in [0.05, 0.1) is 12.6 Å². The Balaban J connectivity index is 2.78. The Labute approximate surface area is 120 Å². The third-order valence-electron chi connectivity index (χ3n) is 2.59. The number of likely N-dealkylation sites (tertiary alicyclic amines) is 1. The Bertz CT molecular complexity index is 344. The van der Waals surface area contributed by atoms with E-state index in [4.69, 9.17) is 9.47 Å². The minimum Gasteiger partial charge on any atom is -0.458 e. The van der Waals surface area contributed by atoms with Gasteiger partial charge in [-0.25, -0.2) is 9.59 Å². The van der Waals surface area contributed by atoms with Gasteiger partial charge in [0.15, 0.2) is 0 Å². The smallest absolute Gasteiger partial charge is 0.411 e. The fraction of sp³-hybridized carbons (Fsp3) is 0.857. The summed E-state index contributed by atoms with van der Waals surface area (Å²) in [4.78, 5) is 25.4. The van der Waals surface area contributed by atoms with Gasteiger partial charge in [-0.1, -0.05) is 0 Å². The predicted molar refractivity (Wildman–Crippen MR) is 73.2 cm³/mol. The van der Waals surface area contributed by atoms with Crippen LogP contribution in [0.1, 0.15) is 48.0 Å². The highest BCUT2D eigenvalue weighted by atomic mass is 16.6. The standard InChI is InChI=1S/C14H25NO5/c1-13(2,3)19-11(17)10-7-9(16)8-15(10)12(18)20-14(4,5)6/h9-10,16H,7-8H2,1-6H3/t9-,10-/m1/s1. The number of carbonyl (C=O) groups excluding carboxylic acids is 2. The number of nitrogens with zero attached hydrogens (tertiary/aromatic N) is 1. The first-order valence-corrected chi connectivity index (χ1v) is 6.79. The molecule has 1 fully saturated rings. The number of esters is 1. The van der Waals surface area contributed by atoms with E-state index in [0.29, 0.717) is 0 Å². The summed E-state index contributed by atoms with van der Waals surface area (Å²) < 4.78 is 10.5. The summed E-state index contributed by atoms with van der Waals surface area (Å²) in [6.45, 7) is 10.6. The van der Waals surface area contributed by atoms with E-state index in [9.17, 15) is 14.7 Å². The molecule has 20 heavy (non-hydrogen) atoms. The van der Waals surface area contributed by atoms with Crippen LogP contribution in [0.25, 0.3) is 0 Å². The van der Waals surface area contributed by atoms with Crippen LogP contribution in [0.15, 0.2) is 0 Å². The fourth-order valence-electron chi connectivity index (χ4n) is 1.93. The molecule has 0 radical (unpaired) electrons. The molecule has 1 saturated heterocycles. The summed E-state index contributed by atoms with van der Waals surface area (Å²) in [5.41, 5.74) is -1.28. The van der Waals surface area contributed by atoms with Gasteiger partial charge in [0, 0.05) is 6.42 Å². The van der Waals surface area contributed by atoms with E-state index in [1.807, 2.05) is 0 Å². The zero-order valence-electron chi connectivity index (χ0n) is 13.1. The maximum Gasteiger partial charge on any atom is 0.411 e. The van der Waals surface area contributed by atoms with Crippen molar-refractivity contribution in [2.45, 2.75) is 71.3 Å². The largest absolute Gasteiger partial charge is 0.458 e. The van der Waals surface area contributed by atoms with Crippen molar-refractivity contribution in [3.8, 4) is 0 Å². The van der Waals surface area contributed by atoms with Crippen molar-refractivity contribution in [3.05, 3.63) is 0 Å². The Hall–Kier alpha value is -1.30. The number of rotatable bonds is 1. The van der Waals surface area contributed by atoms with Gasteiger partial charge in [-0.2, -0.15) is 0 Å². The molecule has 0 unspecified atom stereocenters. The van der Waals surface area contributed by atoms with E-state index in [2.05, 4.69) is 0 Å². The highest BCUT2D eigenvalue weighted by Gasteiger charge is 2.42. The predicted octanol–water partition coefficient (Wildman–Crippen LogP) is 1.70. The molecule has 2 atom stereocenters. The van der Waals surface area contributed by atoms with Crippen molar-refractivity contribution < 1.29 is 24.2 Å². The second kappa shape index (κ2) is 5.60. The van der Waals surface area contributed by atoms with Crippen molar-refractivity contribution in [2.24, 2.45) is 0 Å². The molecule has 0 aromatic heterocycles. The monoisotopic (exact) mass is 287 g/mol. The number of ether oxygens (including phenoxy) is 2. The minimum absolute atomic E-state index is 0.0822. The Morgan fingerprint density at radius 3 is 2.00 bits per heavy atom. The number of aliphatic hydroxyl groups is 1. The van der Waals surface area contributed by atoms with Crippen LogP contribution in [0, 0.1) is 0 Å². The van der Waals surface area contributed by atoms with Crippen molar-refractivity contribution in [1.82, 2.24) is 4.90 Å². The number of carbonyl (C=O) groups is 2. The van der Waals surface area contributed by atoms with Gasteiger partial charge in [0.2, 0.25) is 0 Å². The summed E-state index contributed by atoms with van der Waals surface area (Å²) in [6.07, 6.45) is -1.17. The number of hydrogen-bond donors (Lipinski definition) is 1. The Morgan fingerprint density at radius 1 is 1.05 bits per heavy atom. The number of β-amino-alcohol motifs (C(OH)–C–C–N with tert-alkyl or cyclic N) is 1. The number of amides is 1. The molecule has 6 nitrogen and oxygen atoms in total. The molecule has 0 saturated carbocycles. The third-order valence-corrected chi connectivity index (χ3v) is 2.59. The van der Waals surface area contributed by atoms with Crippen LogP contribution in [0.2, 0.25) is 0 Å². The molecule has 1 heterocycles. The quantitative estimate of drug-likeness (QED) is 0.743. The fourth-order valence-corrected chi connectivity index (χ4v) is 1.93. The lowest BCUT2D eigenvalue weighted by Crippen LogP contribution is -2.45. The summed E-state index contributed by atoms with van der Waals surface area (Å²) in [7, 11) is 0. The molecule has 0 aromatic carbocycles. The van der Waals surface area contributed by atoms with E-state index in [1.165, 1.54) is 4.90 Å². The van der Waals surface area contributed by atoms with Crippen LogP contribution in [-0.2, 0) is 14.3 Å². The van der Waals surface area contributed by atoms with Crippen LogP contribution < -0.4 is 0 Å². The maximum absolute atomic E-state index is 12.1. The van der Waals surface area contributed by atoms with E-state index < -0.39 is 35.4 Å². The lowest BCUT2D eigenvalue weighted by atomic mass is 10.1. The van der Waals surface area contributed by atoms with Crippen LogP contribution in [0.3, 0.4) is 0 Å². The van der Waals surface area contributed by atoms with Gasteiger partial charge >= 0.3 is 12.1 Å². The molecule has 0 aliphatic carbocycles. The zero-order chi connectivity index (χ0) is 15.7. The summed E-state index contributed by atoms with van der Waals surface area (Å²) in [5.74, 6) is -0.514. The molecule has 1 aliphatic heterocycles. The molecule has 1 rings (SSSR count). The van der Waals surface area contributed by atoms with Crippen LogP contribution in [0.4, 0.5) is 4.79 Å². The van der Waals surface area contributed by atoms with Crippen LogP contribution >= 0.6 is 0 Å². The number of aliphatic hydroxyl groups excluding tert-OH is 1. The molecule has 1 aliphatic rings. The van der Waals surface area contributed by atoms with E-state index in [-0.39, 0.29) is 13.0 Å². The minimum atomic E-state index is -0.793. The third kappa shape index (κ3) is 5.00. The first-order valence-electron chi connectivity index (χ1n) is 6.79. The molecule has 1 N–H and O–H groups in total. The second-order valence-electron chi connectivity index (χ2n) is 7.07. The van der Waals surface area contributed by atoms with Crippen molar-refractivity contribution in [1.29, 1.82) is 0 Å². The van der Waals surface area contributed by atoms with Gasteiger partial charge in [-0.3, -0.25) is 4.90 Å². The Morgan fingerprint density at radius 2 is 1.55 bits per heavy atom. The van der Waals surface area contributed by atoms with E-state index in [1.54, 1.807) is 41.5 Å². The van der Waals surface area contributed by atoms with Gasteiger partial charge < -0.3 is 14.6 Å². The van der Waals surface area contributed by atoms with Gasteiger partial charge in [-0.15, -0.1) is 0 Å². The molecule has 0 aromatic rings. The van der Waals surface area contributed by atoms with Gasteiger partial charge in [-0.05, 0) is 41.5 Å². The highest BCUT2D eigenvalue weighted by molar-refractivity contribution is 5.82. The Kier molecular flexibility index (Phi) is 4.69. The van der Waals surface area contributed by atoms with Gasteiger partial charge in [0.1, 0.15) is 17.2 Å². The molecule has 6 heteroatoms.